The second kappa shape index (κ2) is 6.57. The molecule has 1 aliphatic rings. The summed E-state index contributed by atoms with van der Waals surface area (Å²) in [5.74, 6) is 8.15. The van der Waals surface area contributed by atoms with Crippen molar-refractivity contribution in [1.82, 2.24) is 10.3 Å². The van der Waals surface area contributed by atoms with Crippen molar-refractivity contribution in [3.63, 3.8) is 0 Å². The molecule has 0 spiro atoms. The van der Waals surface area contributed by atoms with Crippen molar-refractivity contribution >= 4 is 11.8 Å². The number of thioether (sulfide) groups is 1. The van der Waals surface area contributed by atoms with Gasteiger partial charge >= 0.3 is 0 Å². The highest BCUT2D eigenvalue weighted by Gasteiger charge is 2.27. The quantitative estimate of drug-likeness (QED) is 0.638. The third-order valence-electron chi connectivity index (χ3n) is 3.70. The Morgan fingerprint density at radius 1 is 1.44 bits per heavy atom. The maximum absolute atomic E-state index is 5.76. The minimum Gasteiger partial charge on any atom is -0.300 e. The normalized spacial score (nSPS) is 22.9. The van der Waals surface area contributed by atoms with Gasteiger partial charge in [0.15, 0.2) is 0 Å². The zero-order valence-electron chi connectivity index (χ0n) is 11.2. The number of nitrogens with zero attached hydrogens (tertiary/aromatic N) is 1. The van der Waals surface area contributed by atoms with Crippen LogP contribution in [0.25, 0.3) is 0 Å². The SMILES string of the molecule is Cc1ccc(CC(NN)C2CSCCN2C)cc1. The Balaban J connectivity index is 2.02. The minimum absolute atomic E-state index is 0.325. The van der Waals surface area contributed by atoms with Crippen molar-refractivity contribution in [3.8, 4) is 0 Å². The standard InChI is InChI=1S/C14H23N3S/c1-11-3-5-12(6-4-11)9-13(16-15)14-10-18-8-7-17(14)2/h3-6,13-14,16H,7-10,15H2,1-2H3. The molecule has 0 radical (unpaired) electrons. The van der Waals surface area contributed by atoms with Crippen molar-refractivity contribution in [2.75, 3.05) is 25.1 Å². The lowest BCUT2D eigenvalue weighted by atomic mass is 9.99. The van der Waals surface area contributed by atoms with Gasteiger partial charge in [0.05, 0.1) is 0 Å². The summed E-state index contributed by atoms with van der Waals surface area (Å²) in [5, 5.41) is 0. The van der Waals surface area contributed by atoms with E-state index in [1.807, 2.05) is 11.8 Å². The second-order valence-electron chi connectivity index (χ2n) is 5.09. The van der Waals surface area contributed by atoms with Crippen LogP contribution in [0.4, 0.5) is 0 Å². The molecular formula is C14H23N3S. The highest BCUT2D eigenvalue weighted by molar-refractivity contribution is 7.99. The Morgan fingerprint density at radius 3 is 2.78 bits per heavy atom. The summed E-state index contributed by atoms with van der Waals surface area (Å²) in [5.41, 5.74) is 5.67. The Labute approximate surface area is 114 Å². The first-order chi connectivity index (χ1) is 8.70. The summed E-state index contributed by atoms with van der Waals surface area (Å²) in [6.45, 7) is 3.27. The number of rotatable bonds is 4. The molecule has 2 atom stereocenters. The maximum atomic E-state index is 5.76. The summed E-state index contributed by atoms with van der Waals surface area (Å²) in [6.07, 6.45) is 0.992. The number of nitrogens with two attached hydrogens (primary N) is 1. The van der Waals surface area contributed by atoms with Gasteiger partial charge in [0.2, 0.25) is 0 Å². The predicted octanol–water partition coefficient (Wildman–Crippen LogP) is 1.42. The topological polar surface area (TPSA) is 41.3 Å². The summed E-state index contributed by atoms with van der Waals surface area (Å²) in [4.78, 5) is 2.43. The summed E-state index contributed by atoms with van der Waals surface area (Å²) >= 11 is 2.03. The molecule has 18 heavy (non-hydrogen) atoms. The lowest BCUT2D eigenvalue weighted by Gasteiger charge is -2.37. The van der Waals surface area contributed by atoms with Crippen molar-refractivity contribution in [2.24, 2.45) is 5.84 Å². The highest BCUT2D eigenvalue weighted by Crippen LogP contribution is 2.19. The molecule has 1 fully saturated rings. The van der Waals surface area contributed by atoms with E-state index in [1.165, 1.54) is 16.9 Å². The van der Waals surface area contributed by atoms with Crippen LogP contribution < -0.4 is 11.3 Å². The van der Waals surface area contributed by atoms with Gasteiger partial charge in [0.1, 0.15) is 0 Å². The molecule has 1 saturated heterocycles. The molecule has 3 N–H and O–H groups in total. The number of likely N-dealkylation sites (N-methyl/N-ethyl adjacent to an activating group) is 1. The molecule has 2 unspecified atom stereocenters. The van der Waals surface area contributed by atoms with Gasteiger partial charge in [-0.15, -0.1) is 0 Å². The number of hydrogen-bond acceptors (Lipinski definition) is 4. The first-order valence-corrected chi connectivity index (χ1v) is 7.66. The maximum Gasteiger partial charge on any atom is 0.0414 e. The molecule has 3 nitrogen and oxygen atoms in total. The average Bonchev–Trinajstić information content (AvgIpc) is 2.39. The lowest BCUT2D eigenvalue weighted by molar-refractivity contribution is 0.214. The molecule has 4 heteroatoms. The molecule has 0 aliphatic carbocycles. The minimum atomic E-state index is 0.325. The smallest absolute Gasteiger partial charge is 0.0414 e. The average molecular weight is 265 g/mol. The second-order valence-corrected chi connectivity index (χ2v) is 6.24. The van der Waals surface area contributed by atoms with E-state index in [0.29, 0.717) is 12.1 Å². The predicted molar refractivity (Wildman–Crippen MR) is 79.7 cm³/mol. The van der Waals surface area contributed by atoms with Crippen LogP contribution in [0.15, 0.2) is 24.3 Å². The number of nitrogens with one attached hydrogen (secondary N) is 1. The van der Waals surface area contributed by atoms with Crippen molar-refractivity contribution in [1.29, 1.82) is 0 Å². The fourth-order valence-electron chi connectivity index (χ4n) is 2.41. The van der Waals surface area contributed by atoms with Gasteiger partial charge in [0, 0.05) is 30.1 Å². The fraction of sp³-hybridized carbons (Fsp3) is 0.571. The van der Waals surface area contributed by atoms with Gasteiger partial charge in [-0.2, -0.15) is 11.8 Å². The molecular weight excluding hydrogens is 242 g/mol. The van der Waals surface area contributed by atoms with Gasteiger partial charge in [-0.1, -0.05) is 29.8 Å². The first kappa shape index (κ1) is 13.9. The van der Waals surface area contributed by atoms with Crippen LogP contribution in [0.2, 0.25) is 0 Å². The van der Waals surface area contributed by atoms with Crippen molar-refractivity contribution in [2.45, 2.75) is 25.4 Å². The van der Waals surface area contributed by atoms with Crippen molar-refractivity contribution in [3.05, 3.63) is 35.4 Å². The van der Waals surface area contributed by atoms with Crippen LogP contribution in [0.5, 0.6) is 0 Å². The van der Waals surface area contributed by atoms with Gasteiger partial charge < -0.3 is 4.90 Å². The van der Waals surface area contributed by atoms with E-state index in [4.69, 9.17) is 5.84 Å². The van der Waals surface area contributed by atoms with Crippen molar-refractivity contribution < 1.29 is 0 Å². The molecule has 0 saturated carbocycles. The Morgan fingerprint density at radius 2 is 2.17 bits per heavy atom. The van der Waals surface area contributed by atoms with Crippen LogP contribution in [-0.4, -0.2) is 42.1 Å². The van der Waals surface area contributed by atoms with E-state index >= 15 is 0 Å². The molecule has 1 aromatic carbocycles. The molecule has 0 aromatic heterocycles. The van der Waals surface area contributed by atoms with Crippen LogP contribution in [0.1, 0.15) is 11.1 Å². The van der Waals surface area contributed by atoms with Gasteiger partial charge in [-0.3, -0.25) is 11.3 Å². The van der Waals surface area contributed by atoms with E-state index < -0.39 is 0 Å². The van der Waals surface area contributed by atoms with E-state index in [-0.39, 0.29) is 0 Å². The number of hydrazine groups is 1. The van der Waals surface area contributed by atoms with Gasteiger partial charge in [-0.25, -0.2) is 0 Å². The summed E-state index contributed by atoms with van der Waals surface area (Å²) in [6, 6.07) is 9.59. The van der Waals surface area contributed by atoms with E-state index in [9.17, 15) is 0 Å². The monoisotopic (exact) mass is 265 g/mol. The van der Waals surface area contributed by atoms with E-state index in [2.05, 4.69) is 48.6 Å². The Kier molecular flexibility index (Phi) is 5.06. The van der Waals surface area contributed by atoms with E-state index in [1.54, 1.807) is 0 Å². The Bertz CT molecular complexity index is 366. The largest absolute Gasteiger partial charge is 0.300 e. The molecule has 2 rings (SSSR count). The lowest BCUT2D eigenvalue weighted by Crippen LogP contribution is -2.55. The third-order valence-corrected chi connectivity index (χ3v) is 4.75. The molecule has 100 valence electrons. The number of benzene rings is 1. The zero-order valence-corrected chi connectivity index (χ0v) is 12.0. The summed E-state index contributed by atoms with van der Waals surface area (Å²) < 4.78 is 0. The van der Waals surface area contributed by atoms with Gasteiger partial charge in [0.25, 0.3) is 0 Å². The van der Waals surface area contributed by atoms with Crippen LogP contribution in [0.3, 0.4) is 0 Å². The fourth-order valence-corrected chi connectivity index (χ4v) is 3.73. The van der Waals surface area contributed by atoms with Gasteiger partial charge in [-0.05, 0) is 26.0 Å². The third kappa shape index (κ3) is 3.48. The Hall–Kier alpha value is -0.550. The van der Waals surface area contributed by atoms with E-state index in [0.717, 1.165) is 18.7 Å². The van der Waals surface area contributed by atoms with Crippen LogP contribution in [-0.2, 0) is 6.42 Å². The summed E-state index contributed by atoms with van der Waals surface area (Å²) in [7, 11) is 2.20. The van der Waals surface area contributed by atoms with Crippen LogP contribution in [0, 0.1) is 6.92 Å². The number of hydrogen-bond donors (Lipinski definition) is 2. The molecule has 0 bridgehead atoms. The zero-order chi connectivity index (χ0) is 13.0. The first-order valence-electron chi connectivity index (χ1n) is 6.50. The molecule has 1 aliphatic heterocycles. The highest BCUT2D eigenvalue weighted by atomic mass is 32.2. The number of aryl methyl sites for hydroxylation is 1. The van der Waals surface area contributed by atoms with Crippen LogP contribution >= 0.6 is 11.8 Å². The molecule has 0 amide bonds. The molecule has 1 aromatic rings. The molecule has 1 heterocycles.